The molecule has 1 heterocycles. The van der Waals surface area contributed by atoms with E-state index in [0.29, 0.717) is 39.3 Å². The number of esters is 1. The minimum absolute atomic E-state index is 0.215. The van der Waals surface area contributed by atoms with Crippen LogP contribution in [0.15, 0.2) is 47.6 Å². The average molecular weight is 570 g/mol. The second-order valence-electron chi connectivity index (χ2n) is 8.61. The minimum Gasteiger partial charge on any atom is -0.493 e. The summed E-state index contributed by atoms with van der Waals surface area (Å²) in [6.07, 6.45) is 4.91. The lowest BCUT2D eigenvalue weighted by molar-refractivity contribution is -0.136. The molecule has 0 saturated carbocycles. The Balaban J connectivity index is 1.37. The first kappa shape index (κ1) is 28.1. The molecule has 1 aliphatic rings. The van der Waals surface area contributed by atoms with Crippen LogP contribution in [0.4, 0.5) is 5.00 Å². The van der Waals surface area contributed by atoms with Gasteiger partial charge in [0.2, 0.25) is 0 Å². The van der Waals surface area contributed by atoms with Crippen LogP contribution in [-0.4, -0.2) is 37.7 Å². The Kier molecular flexibility index (Phi) is 9.56. The first-order valence-electron chi connectivity index (χ1n) is 12.4. The van der Waals surface area contributed by atoms with Gasteiger partial charge in [-0.1, -0.05) is 23.7 Å². The molecule has 0 atom stereocenters. The summed E-state index contributed by atoms with van der Waals surface area (Å²) in [4.78, 5) is 38.6. The lowest BCUT2D eigenvalue weighted by atomic mass is 9.95. The van der Waals surface area contributed by atoms with Crippen molar-refractivity contribution in [1.82, 2.24) is 5.43 Å². The van der Waals surface area contributed by atoms with Gasteiger partial charge in [0.15, 0.2) is 11.5 Å². The van der Waals surface area contributed by atoms with Gasteiger partial charge in [-0.05, 0) is 79.6 Å². The Labute approximate surface area is 235 Å². The third kappa shape index (κ3) is 7.15. The SMILES string of the molecule is CCOC(=O)c1c(NC(=O)C(=O)N/N=C\c2ccc(OCc3ccc(Cl)cc3)c(OC)c2)sc2c1CCCC2. The molecule has 2 N–H and O–H groups in total. The van der Waals surface area contributed by atoms with E-state index in [1.807, 2.05) is 12.1 Å². The smallest absolute Gasteiger partial charge is 0.341 e. The number of hydrazone groups is 1. The summed E-state index contributed by atoms with van der Waals surface area (Å²) < 4.78 is 16.4. The molecule has 0 bridgehead atoms. The van der Waals surface area contributed by atoms with E-state index in [1.54, 1.807) is 37.3 Å². The molecule has 11 heteroatoms. The molecule has 4 rings (SSSR count). The maximum atomic E-state index is 12.6. The standard InChI is InChI=1S/C28H28ClN3O6S/c1-3-37-28(35)24-20-6-4-5-7-23(20)39-27(24)31-25(33)26(34)32-30-15-18-10-13-21(22(14-18)36-2)38-16-17-8-11-19(29)12-9-17/h8-15H,3-7,16H2,1-2H3,(H,31,33)(H,32,34)/b30-15-. The average Bonchev–Trinajstić information content (AvgIpc) is 3.31. The zero-order valence-electron chi connectivity index (χ0n) is 21.5. The van der Waals surface area contributed by atoms with Gasteiger partial charge in [-0.3, -0.25) is 9.59 Å². The van der Waals surface area contributed by atoms with Crippen molar-refractivity contribution in [1.29, 1.82) is 0 Å². The van der Waals surface area contributed by atoms with Crippen LogP contribution in [0, 0.1) is 0 Å². The van der Waals surface area contributed by atoms with Gasteiger partial charge >= 0.3 is 17.8 Å². The lowest BCUT2D eigenvalue weighted by Crippen LogP contribution is -2.32. The number of halogens is 1. The van der Waals surface area contributed by atoms with Gasteiger partial charge in [-0.2, -0.15) is 5.10 Å². The number of anilines is 1. The predicted molar refractivity (Wildman–Crippen MR) is 150 cm³/mol. The Morgan fingerprint density at radius 3 is 2.56 bits per heavy atom. The number of carbonyl (C=O) groups excluding carboxylic acids is 3. The quantitative estimate of drug-likeness (QED) is 0.160. The van der Waals surface area contributed by atoms with Crippen molar-refractivity contribution in [3.05, 3.63) is 74.6 Å². The molecule has 0 fully saturated rings. The van der Waals surface area contributed by atoms with E-state index in [-0.39, 0.29) is 6.61 Å². The molecule has 0 aliphatic heterocycles. The summed E-state index contributed by atoms with van der Waals surface area (Å²) in [6, 6.07) is 12.5. The number of aryl methyl sites for hydroxylation is 1. The fraction of sp³-hybridized carbons (Fsp3) is 0.286. The van der Waals surface area contributed by atoms with E-state index in [0.717, 1.165) is 41.7 Å². The Morgan fingerprint density at radius 1 is 1.05 bits per heavy atom. The van der Waals surface area contributed by atoms with Crippen LogP contribution >= 0.6 is 22.9 Å². The van der Waals surface area contributed by atoms with Crippen LogP contribution in [0.1, 0.15) is 51.7 Å². The summed E-state index contributed by atoms with van der Waals surface area (Å²) in [5, 5.41) is 7.41. The highest BCUT2D eigenvalue weighted by atomic mass is 35.5. The van der Waals surface area contributed by atoms with E-state index >= 15 is 0 Å². The largest absolute Gasteiger partial charge is 0.493 e. The Morgan fingerprint density at radius 2 is 1.82 bits per heavy atom. The van der Waals surface area contributed by atoms with Crippen molar-refractivity contribution >= 4 is 51.9 Å². The number of nitrogens with one attached hydrogen (secondary N) is 2. The van der Waals surface area contributed by atoms with E-state index in [1.165, 1.54) is 24.7 Å². The number of thiophene rings is 1. The van der Waals surface area contributed by atoms with Crippen molar-refractivity contribution in [3.8, 4) is 11.5 Å². The fourth-order valence-electron chi connectivity index (χ4n) is 4.07. The minimum atomic E-state index is -0.970. The van der Waals surface area contributed by atoms with Crippen LogP contribution < -0.4 is 20.2 Å². The number of amides is 2. The van der Waals surface area contributed by atoms with Crippen LogP contribution in [0.2, 0.25) is 5.02 Å². The molecule has 0 radical (unpaired) electrons. The topological polar surface area (TPSA) is 115 Å². The highest BCUT2D eigenvalue weighted by Crippen LogP contribution is 2.38. The first-order valence-corrected chi connectivity index (χ1v) is 13.6. The monoisotopic (exact) mass is 569 g/mol. The fourth-order valence-corrected chi connectivity index (χ4v) is 5.47. The van der Waals surface area contributed by atoms with Crippen LogP contribution in [0.3, 0.4) is 0 Å². The van der Waals surface area contributed by atoms with Crippen molar-refractivity contribution in [2.45, 2.75) is 39.2 Å². The zero-order valence-corrected chi connectivity index (χ0v) is 23.1. The number of benzene rings is 2. The number of rotatable bonds is 9. The molecule has 39 heavy (non-hydrogen) atoms. The highest BCUT2D eigenvalue weighted by molar-refractivity contribution is 7.17. The highest BCUT2D eigenvalue weighted by Gasteiger charge is 2.28. The molecule has 9 nitrogen and oxygen atoms in total. The molecule has 2 aromatic carbocycles. The zero-order chi connectivity index (χ0) is 27.8. The van der Waals surface area contributed by atoms with E-state index < -0.39 is 17.8 Å². The lowest BCUT2D eigenvalue weighted by Gasteiger charge is -2.12. The van der Waals surface area contributed by atoms with Gasteiger partial charge in [-0.15, -0.1) is 11.3 Å². The third-order valence-electron chi connectivity index (χ3n) is 5.96. The normalized spacial score (nSPS) is 12.5. The third-order valence-corrected chi connectivity index (χ3v) is 7.42. The Hall–Kier alpha value is -3.89. The van der Waals surface area contributed by atoms with E-state index in [4.69, 9.17) is 25.8 Å². The number of carbonyl (C=O) groups is 3. The number of hydrogen-bond donors (Lipinski definition) is 2. The molecule has 0 saturated heterocycles. The van der Waals surface area contributed by atoms with Crippen LogP contribution in [0.25, 0.3) is 0 Å². The molecule has 0 spiro atoms. The Bertz CT molecular complexity index is 1390. The van der Waals surface area contributed by atoms with E-state index in [2.05, 4.69) is 15.8 Å². The number of hydrogen-bond acceptors (Lipinski definition) is 8. The summed E-state index contributed by atoms with van der Waals surface area (Å²) in [5.41, 5.74) is 5.01. The van der Waals surface area contributed by atoms with Crippen molar-refractivity contribution in [2.24, 2.45) is 5.10 Å². The number of nitrogens with zero attached hydrogens (tertiary/aromatic N) is 1. The molecule has 1 aromatic heterocycles. The maximum Gasteiger partial charge on any atom is 0.341 e. The summed E-state index contributed by atoms with van der Waals surface area (Å²) in [7, 11) is 1.52. The maximum absolute atomic E-state index is 12.6. The summed E-state index contributed by atoms with van der Waals surface area (Å²) in [5.74, 6) is -1.39. The van der Waals surface area contributed by atoms with Crippen LogP contribution in [-0.2, 0) is 33.8 Å². The predicted octanol–water partition coefficient (Wildman–Crippen LogP) is 5.13. The number of fused-ring (bicyclic) bond motifs is 1. The first-order chi connectivity index (χ1) is 18.9. The molecule has 2 amide bonds. The van der Waals surface area contributed by atoms with Crippen LogP contribution in [0.5, 0.6) is 11.5 Å². The van der Waals surface area contributed by atoms with Gasteiger partial charge in [0.1, 0.15) is 11.6 Å². The van der Waals surface area contributed by atoms with Gasteiger partial charge in [-0.25, -0.2) is 10.2 Å². The molecular formula is C28H28ClN3O6S. The summed E-state index contributed by atoms with van der Waals surface area (Å²) >= 11 is 7.23. The molecule has 1 aliphatic carbocycles. The molecule has 3 aromatic rings. The van der Waals surface area contributed by atoms with Crippen molar-refractivity contribution < 1.29 is 28.6 Å². The molecule has 204 valence electrons. The van der Waals surface area contributed by atoms with E-state index in [9.17, 15) is 14.4 Å². The molecular weight excluding hydrogens is 542 g/mol. The summed E-state index contributed by atoms with van der Waals surface area (Å²) in [6.45, 7) is 2.27. The van der Waals surface area contributed by atoms with Crippen molar-refractivity contribution in [2.75, 3.05) is 19.0 Å². The number of ether oxygens (including phenoxy) is 3. The van der Waals surface area contributed by atoms with Gasteiger partial charge in [0, 0.05) is 9.90 Å². The van der Waals surface area contributed by atoms with Gasteiger partial charge in [0.25, 0.3) is 0 Å². The van der Waals surface area contributed by atoms with Gasteiger partial charge < -0.3 is 19.5 Å². The second-order valence-corrected chi connectivity index (χ2v) is 10.2. The second kappa shape index (κ2) is 13.3. The number of methoxy groups -OCH3 is 1. The van der Waals surface area contributed by atoms with Crippen molar-refractivity contribution in [3.63, 3.8) is 0 Å². The van der Waals surface area contributed by atoms with Gasteiger partial charge in [0.05, 0.1) is 25.5 Å². The molecule has 0 unspecified atom stereocenters.